The van der Waals surface area contributed by atoms with Crippen LogP contribution >= 0.6 is 0 Å². The molecule has 1 aliphatic carbocycles. The highest BCUT2D eigenvalue weighted by Crippen LogP contribution is 2.61. The van der Waals surface area contributed by atoms with E-state index < -0.39 is 23.4 Å². The fourth-order valence-electron chi connectivity index (χ4n) is 6.59. The zero-order valence-electron chi connectivity index (χ0n) is 20.5. The molecular formula is C31H27NO4. The first-order valence-electron chi connectivity index (χ1n) is 12.4. The monoisotopic (exact) mass is 477 g/mol. The minimum absolute atomic E-state index is 0.0903. The van der Waals surface area contributed by atoms with E-state index in [1.807, 2.05) is 73.4 Å². The highest BCUT2D eigenvalue weighted by atomic mass is 16.5. The normalized spacial score (nSPS) is 23.0. The zero-order valence-corrected chi connectivity index (χ0v) is 20.5. The van der Waals surface area contributed by atoms with Gasteiger partial charge in [0.2, 0.25) is 0 Å². The second-order valence-electron chi connectivity index (χ2n) is 9.85. The van der Waals surface area contributed by atoms with Crippen molar-refractivity contribution in [2.75, 3.05) is 11.5 Å². The summed E-state index contributed by atoms with van der Waals surface area (Å²) < 4.78 is 6.00. The molecule has 3 unspecified atom stereocenters. The maximum Gasteiger partial charge on any atom is 0.180 e. The second kappa shape index (κ2) is 8.02. The average molecular weight is 478 g/mol. The smallest absolute Gasteiger partial charge is 0.180 e. The fourth-order valence-corrected chi connectivity index (χ4v) is 6.59. The van der Waals surface area contributed by atoms with Gasteiger partial charge in [-0.3, -0.25) is 14.4 Å². The third-order valence-electron chi connectivity index (χ3n) is 7.93. The number of aryl methyl sites for hydroxylation is 1. The molecule has 1 saturated heterocycles. The summed E-state index contributed by atoms with van der Waals surface area (Å²) in [5, 5.41) is 0. The quantitative estimate of drug-likeness (QED) is 0.470. The van der Waals surface area contributed by atoms with Crippen molar-refractivity contribution in [2.24, 2.45) is 5.41 Å². The van der Waals surface area contributed by atoms with E-state index >= 15 is 0 Å². The molecule has 0 bridgehead atoms. The van der Waals surface area contributed by atoms with Gasteiger partial charge in [-0.1, -0.05) is 66.7 Å². The number of para-hydroxylation sites is 1. The lowest BCUT2D eigenvalue weighted by Gasteiger charge is -2.37. The molecule has 180 valence electrons. The summed E-state index contributed by atoms with van der Waals surface area (Å²) in [5.41, 5.74) is 2.96. The Bertz CT molecular complexity index is 1430. The van der Waals surface area contributed by atoms with E-state index in [1.54, 1.807) is 31.2 Å². The Kier molecular flexibility index (Phi) is 5.01. The maximum atomic E-state index is 14.5. The van der Waals surface area contributed by atoms with E-state index in [-0.39, 0.29) is 17.3 Å². The summed E-state index contributed by atoms with van der Waals surface area (Å²) in [7, 11) is 0. The first kappa shape index (κ1) is 22.5. The summed E-state index contributed by atoms with van der Waals surface area (Å²) in [5.74, 6) is -0.656. The van der Waals surface area contributed by atoms with Crippen LogP contribution in [0.1, 0.15) is 57.2 Å². The van der Waals surface area contributed by atoms with Crippen molar-refractivity contribution < 1.29 is 19.1 Å². The fraction of sp³-hybridized carbons (Fsp3) is 0.258. The predicted octanol–water partition coefficient (Wildman–Crippen LogP) is 5.42. The van der Waals surface area contributed by atoms with E-state index in [1.165, 1.54) is 0 Å². The van der Waals surface area contributed by atoms with Crippen LogP contribution in [0.4, 0.5) is 5.69 Å². The van der Waals surface area contributed by atoms with Gasteiger partial charge in [0.15, 0.2) is 17.3 Å². The van der Waals surface area contributed by atoms with Crippen molar-refractivity contribution >= 4 is 29.1 Å². The minimum atomic E-state index is -1.48. The van der Waals surface area contributed by atoms with Gasteiger partial charge in [0, 0.05) is 28.3 Å². The van der Waals surface area contributed by atoms with Crippen molar-refractivity contribution in [3.05, 3.63) is 101 Å². The van der Waals surface area contributed by atoms with Gasteiger partial charge in [0.05, 0.1) is 18.7 Å². The molecule has 3 aliphatic rings. The lowest BCUT2D eigenvalue weighted by atomic mass is 9.64. The van der Waals surface area contributed by atoms with Crippen LogP contribution in [0.3, 0.4) is 0 Å². The van der Waals surface area contributed by atoms with Crippen LogP contribution in [0.2, 0.25) is 0 Å². The average Bonchev–Trinajstić information content (AvgIpc) is 3.31. The molecule has 5 heteroatoms. The first-order valence-corrected chi connectivity index (χ1v) is 12.4. The van der Waals surface area contributed by atoms with Gasteiger partial charge in [-0.15, -0.1) is 0 Å². The highest BCUT2D eigenvalue weighted by molar-refractivity contribution is 6.32. The zero-order chi connectivity index (χ0) is 25.2. The van der Waals surface area contributed by atoms with E-state index in [9.17, 15) is 14.4 Å². The van der Waals surface area contributed by atoms with Crippen LogP contribution in [0, 0.1) is 12.3 Å². The third-order valence-corrected chi connectivity index (χ3v) is 7.93. The van der Waals surface area contributed by atoms with E-state index in [0.29, 0.717) is 29.0 Å². The van der Waals surface area contributed by atoms with Gasteiger partial charge in [-0.25, -0.2) is 0 Å². The molecule has 1 spiro atoms. The number of carbonyl (C=O) groups excluding carboxylic acids is 3. The number of ether oxygens (including phenoxy) is 1. The summed E-state index contributed by atoms with van der Waals surface area (Å²) >= 11 is 0. The molecule has 1 fully saturated rings. The molecule has 2 aliphatic heterocycles. The van der Waals surface area contributed by atoms with Gasteiger partial charge >= 0.3 is 0 Å². The Hall–Kier alpha value is -3.99. The molecule has 0 radical (unpaired) electrons. The number of benzene rings is 3. The lowest BCUT2D eigenvalue weighted by Crippen LogP contribution is -2.48. The molecule has 5 nitrogen and oxygen atoms in total. The first-order chi connectivity index (χ1) is 17.4. The number of hydrogen-bond donors (Lipinski definition) is 0. The van der Waals surface area contributed by atoms with E-state index in [2.05, 4.69) is 0 Å². The number of Topliss-reactive ketones (excluding diaryl/α,β-unsaturated/α-hetero) is 3. The van der Waals surface area contributed by atoms with Gasteiger partial charge in [-0.2, -0.15) is 0 Å². The van der Waals surface area contributed by atoms with Crippen LogP contribution in [0.15, 0.2) is 72.8 Å². The molecule has 0 aromatic heterocycles. The molecule has 36 heavy (non-hydrogen) atoms. The maximum absolute atomic E-state index is 14.5. The minimum Gasteiger partial charge on any atom is -0.494 e. The molecule has 3 aromatic rings. The van der Waals surface area contributed by atoms with Gasteiger partial charge in [-0.05, 0) is 44.0 Å². The van der Waals surface area contributed by atoms with Crippen LogP contribution in [-0.2, 0) is 4.79 Å². The topological polar surface area (TPSA) is 63.7 Å². The molecule has 0 N–H and O–H groups in total. The Morgan fingerprint density at radius 1 is 0.972 bits per heavy atom. The molecule has 2 heterocycles. The lowest BCUT2D eigenvalue weighted by molar-refractivity contribution is -0.118. The van der Waals surface area contributed by atoms with Crippen LogP contribution in [-0.4, -0.2) is 36.0 Å². The molecule has 0 saturated carbocycles. The molecular weight excluding hydrogens is 450 g/mol. The van der Waals surface area contributed by atoms with E-state index in [0.717, 1.165) is 16.8 Å². The number of rotatable bonds is 4. The van der Waals surface area contributed by atoms with Gasteiger partial charge < -0.3 is 9.64 Å². The Morgan fingerprint density at radius 3 is 2.31 bits per heavy atom. The number of ketones is 3. The molecule has 0 amide bonds. The third kappa shape index (κ3) is 2.80. The predicted molar refractivity (Wildman–Crippen MR) is 139 cm³/mol. The molecule has 3 aromatic carbocycles. The highest BCUT2D eigenvalue weighted by Gasteiger charge is 2.71. The number of anilines is 1. The van der Waals surface area contributed by atoms with E-state index in [4.69, 9.17) is 4.74 Å². The van der Waals surface area contributed by atoms with Gasteiger partial charge in [0.1, 0.15) is 11.2 Å². The summed E-state index contributed by atoms with van der Waals surface area (Å²) in [6.07, 6.45) is 3.92. The van der Waals surface area contributed by atoms with Crippen molar-refractivity contribution in [3.63, 3.8) is 0 Å². The summed E-state index contributed by atoms with van der Waals surface area (Å²) in [6.45, 7) is 5.89. The van der Waals surface area contributed by atoms with Crippen molar-refractivity contribution in [3.8, 4) is 5.75 Å². The van der Waals surface area contributed by atoms with Crippen LogP contribution in [0.5, 0.6) is 5.75 Å². The molecule has 6 rings (SSSR count). The van der Waals surface area contributed by atoms with Crippen molar-refractivity contribution in [2.45, 2.75) is 38.8 Å². The summed E-state index contributed by atoms with van der Waals surface area (Å²) in [6, 6.07) is 19.3. The number of carbonyl (C=O) groups is 3. The van der Waals surface area contributed by atoms with Crippen LogP contribution < -0.4 is 9.64 Å². The molecule has 3 atom stereocenters. The number of nitrogens with zero attached hydrogens (tertiary/aromatic N) is 1. The van der Waals surface area contributed by atoms with Gasteiger partial charge in [0.25, 0.3) is 0 Å². The SMILES string of the molecule is CCOc1ccccc1C1C(C(C)=O)N2c3cc(C)ccc3C=CC2C12C(=O)c1ccccc1C2=O. The van der Waals surface area contributed by atoms with Crippen molar-refractivity contribution in [1.29, 1.82) is 0 Å². The number of fused-ring (bicyclic) bond motifs is 5. The van der Waals surface area contributed by atoms with Crippen LogP contribution in [0.25, 0.3) is 6.08 Å². The summed E-state index contributed by atoms with van der Waals surface area (Å²) in [4.78, 5) is 44.5. The van der Waals surface area contributed by atoms with Crippen molar-refractivity contribution in [1.82, 2.24) is 0 Å². The number of hydrogen-bond acceptors (Lipinski definition) is 5. The standard InChI is InChI=1S/C31H27NO4/c1-4-36-25-12-8-7-11-23(25)27-28(19(3)33)32-24-17-18(2)13-14-20(24)15-16-26(32)31(27)29(34)21-9-5-6-10-22(21)30(31)35/h5-17,26-28H,4H2,1-3H3. The Balaban J connectivity index is 1.70. The Labute approximate surface area is 210 Å². The Morgan fingerprint density at radius 2 is 1.64 bits per heavy atom. The second-order valence-corrected chi connectivity index (χ2v) is 9.85. The largest absolute Gasteiger partial charge is 0.494 e.